The predicted octanol–water partition coefficient (Wildman–Crippen LogP) is 6.07. The number of nitrogens with one attached hydrogen (secondary N) is 1. The number of pyridine rings is 2. The van der Waals surface area contributed by atoms with Gasteiger partial charge in [-0.05, 0) is 55.7 Å². The molecule has 0 spiro atoms. The molecule has 2 aliphatic heterocycles. The summed E-state index contributed by atoms with van der Waals surface area (Å²) < 4.78 is 24.0. The fourth-order valence-electron chi connectivity index (χ4n) is 6.56. The van der Waals surface area contributed by atoms with Crippen LogP contribution in [-0.4, -0.2) is 90.5 Å². The third kappa shape index (κ3) is 9.89. The number of aliphatic hydroxyl groups excluding tert-OH is 3. The first-order valence-electron chi connectivity index (χ1n) is 18.9. The number of hydrogen-bond donors (Lipinski definition) is 6. The van der Waals surface area contributed by atoms with Gasteiger partial charge in [0.1, 0.15) is 29.6 Å². The van der Waals surface area contributed by atoms with Crippen LogP contribution in [0.5, 0.6) is 5.75 Å². The Balaban J connectivity index is 0.000000138. The van der Waals surface area contributed by atoms with E-state index in [9.17, 15) is 0 Å². The van der Waals surface area contributed by atoms with Crippen LogP contribution >= 0.6 is 11.6 Å². The zero-order valence-corrected chi connectivity index (χ0v) is 32.3. The molecule has 6 heterocycles. The van der Waals surface area contributed by atoms with E-state index in [2.05, 4.69) is 25.3 Å². The Hall–Kier alpha value is -5.65. The normalized spacial score (nSPS) is 18.0. The molecular formula is C42H45ClN8O7. The average molecular weight is 809 g/mol. The number of aliphatic hydroxyl groups is 3. The number of hydrogen-bond acceptors (Lipinski definition) is 13. The molecule has 1 unspecified atom stereocenters. The van der Waals surface area contributed by atoms with Crippen molar-refractivity contribution in [3.05, 3.63) is 114 Å². The number of benzene rings is 3. The van der Waals surface area contributed by atoms with Crippen LogP contribution in [0.1, 0.15) is 37.3 Å². The monoisotopic (exact) mass is 808 g/mol. The molecule has 3 aromatic carbocycles. The van der Waals surface area contributed by atoms with E-state index in [4.69, 9.17) is 57.3 Å². The van der Waals surface area contributed by atoms with Crippen LogP contribution in [0.2, 0.25) is 5.02 Å². The SMILES string of the molecule is Nc1cc(Cl)c2ccc(-c3ccnn3C3CCCCO3)cc2n1.Nc1cc(OC(CO)CO)c2ccc(-c3ccn[nH]3)cc2n1.OC1COC(c2ccccc2)OC1. The van der Waals surface area contributed by atoms with E-state index in [1.54, 1.807) is 24.5 Å². The van der Waals surface area contributed by atoms with Gasteiger partial charge in [-0.2, -0.15) is 10.2 Å². The lowest BCUT2D eigenvalue weighted by Crippen LogP contribution is -2.30. The first kappa shape index (κ1) is 40.5. The fourth-order valence-corrected chi connectivity index (χ4v) is 6.83. The number of fused-ring (bicyclic) bond motifs is 2. The molecule has 0 bridgehead atoms. The number of rotatable bonds is 8. The van der Waals surface area contributed by atoms with Gasteiger partial charge in [-0.25, -0.2) is 14.6 Å². The van der Waals surface area contributed by atoms with Gasteiger partial charge in [0.05, 0.1) is 53.9 Å². The molecule has 15 nitrogen and oxygen atoms in total. The van der Waals surface area contributed by atoms with Gasteiger partial charge in [-0.1, -0.05) is 60.1 Å². The lowest BCUT2D eigenvalue weighted by atomic mass is 10.1. The predicted molar refractivity (Wildman–Crippen MR) is 221 cm³/mol. The van der Waals surface area contributed by atoms with Crippen molar-refractivity contribution < 1.29 is 34.3 Å². The van der Waals surface area contributed by atoms with Crippen molar-refractivity contribution in [2.75, 3.05) is 44.5 Å². The minimum absolute atomic E-state index is 0.00170. The van der Waals surface area contributed by atoms with Crippen LogP contribution in [0.15, 0.2) is 103 Å². The van der Waals surface area contributed by atoms with E-state index in [-0.39, 0.29) is 25.7 Å². The summed E-state index contributed by atoms with van der Waals surface area (Å²) >= 11 is 6.24. The highest BCUT2D eigenvalue weighted by atomic mass is 35.5. The van der Waals surface area contributed by atoms with E-state index in [1.165, 1.54) is 0 Å². The van der Waals surface area contributed by atoms with Gasteiger partial charge in [0.25, 0.3) is 0 Å². The molecule has 302 valence electrons. The topological polar surface area (TPSA) is 222 Å². The van der Waals surface area contributed by atoms with E-state index in [0.29, 0.717) is 41.1 Å². The Morgan fingerprint density at radius 1 is 0.810 bits per heavy atom. The highest BCUT2D eigenvalue weighted by Crippen LogP contribution is 2.33. The summed E-state index contributed by atoms with van der Waals surface area (Å²) in [6.45, 7) is 0.910. The summed E-state index contributed by atoms with van der Waals surface area (Å²) in [6.07, 6.45) is 5.24. The molecule has 4 aromatic heterocycles. The number of aromatic amines is 1. The van der Waals surface area contributed by atoms with Crippen LogP contribution < -0.4 is 16.2 Å². The van der Waals surface area contributed by atoms with Crippen LogP contribution in [0.25, 0.3) is 44.3 Å². The molecule has 0 aliphatic carbocycles. The number of nitrogen functional groups attached to an aromatic ring is 2. The summed E-state index contributed by atoms with van der Waals surface area (Å²) in [7, 11) is 0. The Bertz CT molecular complexity index is 2380. The number of ether oxygens (including phenoxy) is 4. The highest BCUT2D eigenvalue weighted by Gasteiger charge is 2.22. The lowest BCUT2D eigenvalue weighted by Gasteiger charge is -2.26. The molecule has 1 atom stereocenters. The third-order valence-corrected chi connectivity index (χ3v) is 9.74. The van der Waals surface area contributed by atoms with Crippen LogP contribution in [0, 0.1) is 0 Å². The Labute approximate surface area is 339 Å². The Kier molecular flexibility index (Phi) is 13.4. The first-order chi connectivity index (χ1) is 28.3. The van der Waals surface area contributed by atoms with E-state index >= 15 is 0 Å². The van der Waals surface area contributed by atoms with Crippen LogP contribution in [0.4, 0.5) is 11.6 Å². The summed E-state index contributed by atoms with van der Waals surface area (Å²) in [5, 5.41) is 41.0. The van der Waals surface area contributed by atoms with Gasteiger partial charge in [-0.15, -0.1) is 0 Å². The summed E-state index contributed by atoms with van der Waals surface area (Å²) in [6, 6.07) is 28.5. The first-order valence-corrected chi connectivity index (χ1v) is 19.2. The van der Waals surface area contributed by atoms with Gasteiger partial charge < -0.3 is 45.7 Å². The zero-order chi connectivity index (χ0) is 40.4. The van der Waals surface area contributed by atoms with E-state index < -0.39 is 12.2 Å². The van der Waals surface area contributed by atoms with Crippen molar-refractivity contribution in [1.29, 1.82) is 0 Å². The summed E-state index contributed by atoms with van der Waals surface area (Å²) in [4.78, 5) is 8.69. The molecule has 0 amide bonds. The molecular weight excluding hydrogens is 764 g/mol. The smallest absolute Gasteiger partial charge is 0.184 e. The molecule has 0 radical (unpaired) electrons. The molecule has 2 fully saturated rings. The zero-order valence-electron chi connectivity index (χ0n) is 31.5. The number of halogens is 1. The second-order valence-corrected chi connectivity index (χ2v) is 14.1. The molecule has 2 aliphatic rings. The van der Waals surface area contributed by atoms with E-state index in [0.717, 1.165) is 70.2 Å². The molecule has 58 heavy (non-hydrogen) atoms. The number of nitrogens with zero attached hydrogens (tertiary/aromatic N) is 5. The van der Waals surface area contributed by atoms with Crippen LogP contribution in [-0.2, 0) is 14.2 Å². The van der Waals surface area contributed by atoms with Crippen molar-refractivity contribution in [3.63, 3.8) is 0 Å². The van der Waals surface area contributed by atoms with Crippen molar-refractivity contribution in [2.24, 2.45) is 0 Å². The minimum atomic E-state index is -0.697. The minimum Gasteiger partial charge on any atom is -0.485 e. The fraction of sp³-hybridized carbons (Fsp3) is 0.286. The number of anilines is 2. The molecule has 0 saturated carbocycles. The van der Waals surface area contributed by atoms with Gasteiger partial charge in [0.2, 0.25) is 0 Å². The average Bonchev–Trinajstić information content (AvgIpc) is 3.98. The molecule has 8 N–H and O–H groups in total. The standard InChI is InChI=1S/C17H17ClN4O.C15H16N4O3.C10H12O3/c18-13-10-16(19)21-14-9-11(4-5-12(13)14)15-6-7-20-22(15)17-3-1-2-8-23-17;16-15-6-14(22-10(7-20)8-21)11-2-1-9(5-13(11)18-15)12-3-4-17-19-12;11-9-6-12-10(13-7-9)8-4-2-1-3-5-8/h4-7,9-10,17H,1-3,8H2,(H2,19,21);1-6,10,20-21H,7-8H2,(H2,16,18)(H,17,19);1-5,9-11H,6-7H2. The summed E-state index contributed by atoms with van der Waals surface area (Å²) in [5.74, 6) is 1.20. The highest BCUT2D eigenvalue weighted by molar-refractivity contribution is 6.35. The second-order valence-electron chi connectivity index (χ2n) is 13.7. The molecule has 7 aromatic rings. The largest absolute Gasteiger partial charge is 0.485 e. The van der Waals surface area contributed by atoms with E-state index in [1.807, 2.05) is 83.5 Å². The maximum atomic E-state index is 9.15. The third-order valence-electron chi connectivity index (χ3n) is 9.43. The van der Waals surface area contributed by atoms with Gasteiger partial charge >= 0.3 is 0 Å². The quantitative estimate of drug-likeness (QED) is 0.103. The van der Waals surface area contributed by atoms with Crippen molar-refractivity contribution in [2.45, 2.75) is 44.0 Å². The molecule has 16 heteroatoms. The summed E-state index contributed by atoms with van der Waals surface area (Å²) in [5.41, 5.74) is 17.9. The van der Waals surface area contributed by atoms with Crippen LogP contribution in [0.3, 0.4) is 0 Å². The van der Waals surface area contributed by atoms with Crippen molar-refractivity contribution in [1.82, 2.24) is 29.9 Å². The van der Waals surface area contributed by atoms with Crippen molar-refractivity contribution >= 4 is 45.0 Å². The van der Waals surface area contributed by atoms with Gasteiger partial charge in [0.15, 0.2) is 12.5 Å². The van der Waals surface area contributed by atoms with Gasteiger partial charge in [-0.3, -0.25) is 5.10 Å². The second kappa shape index (κ2) is 19.2. The number of nitrogens with two attached hydrogens (primary N) is 2. The van der Waals surface area contributed by atoms with Gasteiger partial charge in [0, 0.05) is 52.5 Å². The maximum absolute atomic E-state index is 9.15. The Morgan fingerprint density at radius 3 is 2.22 bits per heavy atom. The maximum Gasteiger partial charge on any atom is 0.184 e. The Morgan fingerprint density at radius 2 is 1.52 bits per heavy atom. The number of H-pyrrole nitrogens is 1. The molecule has 9 rings (SSSR count). The number of aromatic nitrogens is 6. The lowest BCUT2D eigenvalue weighted by molar-refractivity contribution is -0.220. The van der Waals surface area contributed by atoms with Crippen molar-refractivity contribution in [3.8, 4) is 28.3 Å². The molecule has 2 saturated heterocycles.